The molecule has 5 heteroatoms. The zero-order valence-corrected chi connectivity index (χ0v) is 10.2. The summed E-state index contributed by atoms with van der Waals surface area (Å²) in [6, 6.07) is 2.70. The molecule has 0 bridgehead atoms. The minimum Gasteiger partial charge on any atom is -0.493 e. The second-order valence-corrected chi connectivity index (χ2v) is 3.80. The molecule has 1 aromatic rings. The Morgan fingerprint density at radius 1 is 1.24 bits per heavy atom. The fraction of sp³-hybridized carbons (Fsp3) is 0.500. The van der Waals surface area contributed by atoms with Crippen LogP contribution in [0.25, 0.3) is 0 Å². The molecule has 1 aromatic carbocycles. The average Bonchev–Trinajstić information content (AvgIpc) is 2.27. The Balaban J connectivity index is 3.34. The van der Waals surface area contributed by atoms with Crippen molar-refractivity contribution in [3.05, 3.63) is 23.3 Å². The molecule has 0 aliphatic rings. The van der Waals surface area contributed by atoms with Crippen molar-refractivity contribution in [3.8, 4) is 11.5 Å². The van der Waals surface area contributed by atoms with E-state index in [2.05, 4.69) is 0 Å². The molecular formula is C12H17F2NO2. The number of hydrogen-bond acceptors (Lipinski definition) is 3. The summed E-state index contributed by atoms with van der Waals surface area (Å²) in [7, 11) is 2.89. The SMILES string of the molecule is COc1cc(C(C)(F)F)cc(CCN)c1OC. The maximum atomic E-state index is 13.3. The first kappa shape index (κ1) is 13.7. The van der Waals surface area contributed by atoms with Gasteiger partial charge in [-0.15, -0.1) is 0 Å². The summed E-state index contributed by atoms with van der Waals surface area (Å²) in [6.45, 7) is 1.21. The summed E-state index contributed by atoms with van der Waals surface area (Å²) in [5.41, 5.74) is 5.98. The van der Waals surface area contributed by atoms with Gasteiger partial charge in [-0.2, -0.15) is 0 Å². The van der Waals surface area contributed by atoms with Crippen LogP contribution in [0.15, 0.2) is 12.1 Å². The molecular weight excluding hydrogens is 228 g/mol. The number of methoxy groups -OCH3 is 2. The van der Waals surface area contributed by atoms with Crippen molar-refractivity contribution < 1.29 is 18.3 Å². The minimum atomic E-state index is -2.91. The van der Waals surface area contributed by atoms with Gasteiger partial charge in [0.25, 0.3) is 5.92 Å². The lowest BCUT2D eigenvalue weighted by molar-refractivity contribution is 0.0171. The maximum Gasteiger partial charge on any atom is 0.270 e. The van der Waals surface area contributed by atoms with Crippen molar-refractivity contribution in [1.29, 1.82) is 0 Å². The zero-order chi connectivity index (χ0) is 13.1. The first-order valence-electron chi connectivity index (χ1n) is 5.27. The predicted octanol–water partition coefficient (Wildman–Crippen LogP) is 2.32. The van der Waals surface area contributed by atoms with Gasteiger partial charge < -0.3 is 15.2 Å². The highest BCUT2D eigenvalue weighted by Gasteiger charge is 2.27. The number of nitrogens with two attached hydrogens (primary N) is 1. The van der Waals surface area contributed by atoms with Crippen molar-refractivity contribution in [2.75, 3.05) is 20.8 Å². The van der Waals surface area contributed by atoms with Crippen LogP contribution in [0, 0.1) is 0 Å². The first-order valence-corrected chi connectivity index (χ1v) is 5.27. The molecule has 1 rings (SSSR count). The third-order valence-electron chi connectivity index (χ3n) is 2.48. The van der Waals surface area contributed by atoms with E-state index < -0.39 is 5.92 Å². The summed E-state index contributed by atoms with van der Waals surface area (Å²) in [5, 5.41) is 0. The molecule has 0 aromatic heterocycles. The Morgan fingerprint density at radius 3 is 2.29 bits per heavy atom. The van der Waals surface area contributed by atoms with Gasteiger partial charge in [0.1, 0.15) is 0 Å². The van der Waals surface area contributed by atoms with Crippen molar-refractivity contribution in [3.63, 3.8) is 0 Å². The summed E-state index contributed by atoms with van der Waals surface area (Å²) >= 11 is 0. The van der Waals surface area contributed by atoms with Crippen LogP contribution in [0.5, 0.6) is 11.5 Å². The molecule has 0 atom stereocenters. The van der Waals surface area contributed by atoms with E-state index in [9.17, 15) is 8.78 Å². The second-order valence-electron chi connectivity index (χ2n) is 3.80. The average molecular weight is 245 g/mol. The van der Waals surface area contributed by atoms with Gasteiger partial charge in [0.05, 0.1) is 14.2 Å². The molecule has 0 amide bonds. The van der Waals surface area contributed by atoms with E-state index in [1.54, 1.807) is 0 Å². The van der Waals surface area contributed by atoms with E-state index in [0.717, 1.165) is 6.92 Å². The van der Waals surface area contributed by atoms with Gasteiger partial charge in [0.15, 0.2) is 11.5 Å². The van der Waals surface area contributed by atoms with Crippen LogP contribution in [0.3, 0.4) is 0 Å². The lowest BCUT2D eigenvalue weighted by Gasteiger charge is -2.17. The largest absolute Gasteiger partial charge is 0.493 e. The van der Waals surface area contributed by atoms with Gasteiger partial charge in [-0.3, -0.25) is 0 Å². The minimum absolute atomic E-state index is 0.0985. The van der Waals surface area contributed by atoms with Crippen molar-refractivity contribution in [1.82, 2.24) is 0 Å². The third-order valence-corrected chi connectivity index (χ3v) is 2.48. The highest BCUT2D eigenvalue weighted by Crippen LogP contribution is 2.38. The summed E-state index contributed by atoms with van der Waals surface area (Å²) < 4.78 is 36.8. The lowest BCUT2D eigenvalue weighted by atomic mass is 10.0. The molecule has 0 aliphatic carbocycles. The molecule has 3 nitrogen and oxygen atoms in total. The standard InChI is InChI=1S/C12H17F2NO2/c1-12(13,14)9-6-8(4-5-15)11(17-3)10(7-9)16-2/h6-7H,4-5,15H2,1-3H3. The highest BCUT2D eigenvalue weighted by atomic mass is 19.3. The topological polar surface area (TPSA) is 44.5 Å². The summed E-state index contributed by atoms with van der Waals surface area (Å²) in [5.74, 6) is -2.15. The van der Waals surface area contributed by atoms with Gasteiger partial charge in [-0.05, 0) is 30.7 Å². The molecule has 0 heterocycles. The molecule has 0 saturated carbocycles. The van der Waals surface area contributed by atoms with Gasteiger partial charge in [-0.1, -0.05) is 0 Å². The highest BCUT2D eigenvalue weighted by molar-refractivity contribution is 5.50. The van der Waals surface area contributed by atoms with Crippen LogP contribution >= 0.6 is 0 Å². The van der Waals surface area contributed by atoms with Crippen molar-refractivity contribution >= 4 is 0 Å². The first-order chi connectivity index (χ1) is 7.93. The Hall–Kier alpha value is -1.36. The fourth-order valence-electron chi connectivity index (χ4n) is 1.64. The zero-order valence-electron chi connectivity index (χ0n) is 10.2. The molecule has 0 fully saturated rings. The smallest absolute Gasteiger partial charge is 0.270 e. The lowest BCUT2D eigenvalue weighted by Crippen LogP contribution is -2.11. The van der Waals surface area contributed by atoms with Crippen LogP contribution in [-0.4, -0.2) is 20.8 Å². The second kappa shape index (κ2) is 5.31. The molecule has 2 N–H and O–H groups in total. The summed E-state index contributed by atoms with van der Waals surface area (Å²) in [6.07, 6.45) is 0.462. The summed E-state index contributed by atoms with van der Waals surface area (Å²) in [4.78, 5) is 0. The van der Waals surface area contributed by atoms with Gasteiger partial charge in [0.2, 0.25) is 0 Å². The number of rotatable bonds is 5. The molecule has 17 heavy (non-hydrogen) atoms. The van der Waals surface area contributed by atoms with Crippen LogP contribution in [0.2, 0.25) is 0 Å². The Morgan fingerprint density at radius 2 is 1.88 bits per heavy atom. The van der Waals surface area contributed by atoms with E-state index >= 15 is 0 Å². The monoisotopic (exact) mass is 245 g/mol. The number of ether oxygens (including phenoxy) is 2. The van der Waals surface area contributed by atoms with E-state index in [-0.39, 0.29) is 5.56 Å². The van der Waals surface area contributed by atoms with Gasteiger partial charge in [0, 0.05) is 12.5 Å². The van der Waals surface area contributed by atoms with Crippen LogP contribution in [0.1, 0.15) is 18.1 Å². The van der Waals surface area contributed by atoms with E-state index in [4.69, 9.17) is 15.2 Å². The van der Waals surface area contributed by atoms with E-state index in [1.165, 1.54) is 26.4 Å². The maximum absolute atomic E-state index is 13.3. The molecule has 0 aliphatic heterocycles. The fourth-order valence-corrected chi connectivity index (χ4v) is 1.64. The van der Waals surface area contributed by atoms with E-state index in [0.29, 0.717) is 30.0 Å². The molecule has 0 unspecified atom stereocenters. The van der Waals surface area contributed by atoms with E-state index in [1.807, 2.05) is 0 Å². The van der Waals surface area contributed by atoms with Gasteiger partial charge in [-0.25, -0.2) is 8.78 Å². The van der Waals surface area contributed by atoms with Crippen LogP contribution < -0.4 is 15.2 Å². The van der Waals surface area contributed by atoms with Crippen molar-refractivity contribution in [2.45, 2.75) is 19.3 Å². The Kier molecular flexibility index (Phi) is 4.28. The molecule has 96 valence electrons. The third kappa shape index (κ3) is 3.06. The van der Waals surface area contributed by atoms with Crippen LogP contribution in [-0.2, 0) is 12.3 Å². The Labute approximate surface area is 99.5 Å². The number of halogens is 2. The van der Waals surface area contributed by atoms with Crippen molar-refractivity contribution in [2.24, 2.45) is 5.73 Å². The number of benzene rings is 1. The predicted molar refractivity (Wildman–Crippen MR) is 61.9 cm³/mol. The van der Waals surface area contributed by atoms with Gasteiger partial charge >= 0.3 is 0 Å². The Bertz CT molecular complexity index is 389. The molecule has 0 spiro atoms. The number of hydrogen-bond donors (Lipinski definition) is 1. The normalized spacial score (nSPS) is 11.4. The molecule has 0 radical (unpaired) electrons. The van der Waals surface area contributed by atoms with Crippen LogP contribution in [0.4, 0.5) is 8.78 Å². The quantitative estimate of drug-likeness (QED) is 0.865. The number of alkyl halides is 2. The molecule has 0 saturated heterocycles.